The van der Waals surface area contributed by atoms with Crippen LogP contribution in [0.5, 0.6) is 0 Å². The van der Waals surface area contributed by atoms with Gasteiger partial charge in [-0.15, -0.1) is 0 Å². The van der Waals surface area contributed by atoms with Crippen molar-refractivity contribution in [2.75, 3.05) is 26.9 Å². The van der Waals surface area contributed by atoms with E-state index in [1.165, 1.54) is 36.2 Å². The molecule has 1 unspecified atom stereocenters. The van der Waals surface area contributed by atoms with Crippen LogP contribution in [0.15, 0.2) is 149 Å². The molecule has 0 aromatic heterocycles. The lowest BCUT2D eigenvalue weighted by molar-refractivity contribution is -0.120. The van der Waals surface area contributed by atoms with Gasteiger partial charge >= 0.3 is 6.09 Å². The van der Waals surface area contributed by atoms with Crippen molar-refractivity contribution >= 4 is 46.7 Å². The van der Waals surface area contributed by atoms with Crippen LogP contribution < -0.4 is 32.3 Å². The summed E-state index contributed by atoms with van der Waals surface area (Å²) >= 11 is 0. The number of nitrogens with two attached hydrogens (primary N) is 1. The number of aliphatic hydroxyl groups is 1. The third-order valence-electron chi connectivity index (χ3n) is 12.4. The van der Waals surface area contributed by atoms with E-state index in [0.29, 0.717) is 18.5 Å². The first-order chi connectivity index (χ1) is 31.3. The molecule has 3 aromatic rings. The molecule has 5 rings (SSSR count). The molecule has 2 amide bonds. The Morgan fingerprint density at radius 1 is 0.831 bits per heavy atom. The number of aliphatic hydroxyl groups excluding tert-OH is 1. The van der Waals surface area contributed by atoms with Gasteiger partial charge in [0.05, 0.1) is 35.9 Å². The molecule has 1 aliphatic carbocycles. The lowest BCUT2D eigenvalue weighted by Gasteiger charge is -2.29. The second-order valence-electron chi connectivity index (χ2n) is 17.2. The van der Waals surface area contributed by atoms with Crippen molar-refractivity contribution in [3.63, 3.8) is 0 Å². The highest BCUT2D eigenvalue weighted by molar-refractivity contribution is 7.95. The van der Waals surface area contributed by atoms with Crippen LogP contribution in [0.1, 0.15) is 72.6 Å². The number of methoxy groups -OCH3 is 2. The fraction of sp³-hybridized carbons (Fsp3) is 0.396. The van der Waals surface area contributed by atoms with Crippen LogP contribution in [0, 0.1) is 11.8 Å². The van der Waals surface area contributed by atoms with Crippen LogP contribution in [-0.2, 0) is 28.6 Å². The highest BCUT2D eigenvalue weighted by atomic mass is 31.2. The minimum absolute atomic E-state index is 0.0975. The third-order valence-corrected chi connectivity index (χ3v) is 16.9. The Hall–Kier alpha value is -5.45. The van der Waals surface area contributed by atoms with E-state index >= 15 is 0 Å². The Kier molecular flexibility index (Phi) is 19.2. The van der Waals surface area contributed by atoms with Crippen molar-refractivity contribution in [2.45, 2.75) is 97.1 Å². The van der Waals surface area contributed by atoms with Crippen molar-refractivity contribution in [1.29, 1.82) is 0 Å². The van der Waals surface area contributed by atoms with Crippen molar-refractivity contribution in [3.8, 4) is 0 Å². The summed E-state index contributed by atoms with van der Waals surface area (Å²) in [6, 6.07) is 32.6. The van der Waals surface area contributed by atoms with E-state index in [0.717, 1.165) is 31.8 Å². The summed E-state index contributed by atoms with van der Waals surface area (Å²) in [5.74, 6) is -2.01. The summed E-state index contributed by atoms with van der Waals surface area (Å²) < 4.78 is 16.9. The number of hydrogen-bond acceptors (Lipinski definition) is 9. The lowest BCUT2D eigenvalue weighted by Crippen LogP contribution is -2.37. The smallest absolute Gasteiger partial charge is 0.405 e. The number of amides is 2. The van der Waals surface area contributed by atoms with E-state index in [-0.39, 0.29) is 47.1 Å². The van der Waals surface area contributed by atoms with Gasteiger partial charge in [-0.25, -0.2) is 4.79 Å². The Balaban J connectivity index is 1.34. The first-order valence-corrected chi connectivity index (χ1v) is 24.6. The summed E-state index contributed by atoms with van der Waals surface area (Å²) in [4.78, 5) is 53.5. The van der Waals surface area contributed by atoms with E-state index in [4.69, 9.17) is 19.9 Å². The predicted octanol–water partition coefficient (Wildman–Crippen LogP) is 7.30. The molecule has 2 bridgehead atoms. The number of carbonyl (C=O) groups excluding carboxylic acids is 4. The average molecular weight is 905 g/mol. The van der Waals surface area contributed by atoms with Crippen LogP contribution in [0.25, 0.3) is 0 Å². The zero-order valence-corrected chi connectivity index (χ0v) is 39.6. The van der Waals surface area contributed by atoms with Gasteiger partial charge < -0.3 is 35.7 Å². The molecule has 12 heteroatoms. The van der Waals surface area contributed by atoms with E-state index in [9.17, 15) is 24.3 Å². The van der Waals surface area contributed by atoms with Gasteiger partial charge in [0.15, 0.2) is 0 Å². The van der Waals surface area contributed by atoms with Gasteiger partial charge in [-0.05, 0) is 93.8 Å². The molecule has 1 heterocycles. The first-order valence-electron chi connectivity index (χ1n) is 22.7. The molecule has 11 nitrogen and oxygen atoms in total. The molecule has 65 heavy (non-hydrogen) atoms. The summed E-state index contributed by atoms with van der Waals surface area (Å²) in [7, 11) is 1.10. The second kappa shape index (κ2) is 24.7. The molecule has 1 aliphatic heterocycles. The minimum atomic E-state index is -1.94. The van der Waals surface area contributed by atoms with E-state index in [1.54, 1.807) is 32.1 Å². The number of Topliss-reactive ketones (excluding diaryl/α,β-unsaturated/α-hetero) is 1. The van der Waals surface area contributed by atoms with Gasteiger partial charge in [-0.1, -0.05) is 99.2 Å². The molecule has 6 atom stereocenters. The highest BCUT2D eigenvalue weighted by Crippen LogP contribution is 2.56. The lowest BCUT2D eigenvalue weighted by atomic mass is 9.85. The van der Waals surface area contributed by atoms with Gasteiger partial charge in [-0.2, -0.15) is 0 Å². The van der Waals surface area contributed by atoms with E-state index < -0.39 is 55.4 Å². The summed E-state index contributed by atoms with van der Waals surface area (Å²) in [6.07, 6.45) is 9.63. The van der Waals surface area contributed by atoms with Crippen LogP contribution in [-0.4, -0.2) is 80.0 Å². The zero-order chi connectivity index (χ0) is 46.9. The summed E-state index contributed by atoms with van der Waals surface area (Å²) in [6.45, 7) is 7.68. The Bertz CT molecular complexity index is 2140. The van der Waals surface area contributed by atoms with Gasteiger partial charge in [0.2, 0.25) is 11.6 Å². The predicted molar refractivity (Wildman–Crippen MR) is 261 cm³/mol. The van der Waals surface area contributed by atoms with Crippen LogP contribution in [0.3, 0.4) is 0 Å². The topological polar surface area (TPSA) is 166 Å². The molecule has 2 aliphatic rings. The molecule has 0 spiro atoms. The molecule has 3 aromatic carbocycles. The number of unbranched alkanes of at least 4 members (excludes halogenated alkanes) is 3. The molecule has 5 N–H and O–H groups in total. The first kappa shape index (κ1) is 50.5. The number of hydrogen-bond donors (Lipinski definition) is 4. The minimum Gasteiger partial charge on any atom is -0.442 e. The fourth-order valence-electron chi connectivity index (χ4n) is 8.81. The number of ketones is 2. The second-order valence-corrected chi connectivity index (χ2v) is 20.8. The average Bonchev–Trinajstić information content (AvgIpc) is 3.30. The number of ether oxygens (including phenoxy) is 3. The SMILES string of the molecule is COC1C[C@H](C)CC2=C(NCCCCCC[P+](c3ccccc3)(c3ccccc3)c3ccccc3)C(=O)C=C(NC(=O)/C(C)=C/C=C\[C@H](OC)C[C@@H](OC(N)=O)/C(C)=C/[C@H](C)[C@H]1O)C2=O. The monoisotopic (exact) mass is 904 g/mol. The number of carbonyl (C=O) groups is 4. The van der Waals surface area contributed by atoms with Gasteiger partial charge in [0.1, 0.15) is 29.3 Å². The van der Waals surface area contributed by atoms with Crippen molar-refractivity contribution in [1.82, 2.24) is 10.6 Å². The number of fused-ring (bicyclic) bond motifs is 2. The Morgan fingerprint density at radius 2 is 1.42 bits per heavy atom. The largest absolute Gasteiger partial charge is 0.442 e. The molecule has 346 valence electrons. The number of primary amides is 1. The maximum Gasteiger partial charge on any atom is 0.405 e. The van der Waals surface area contributed by atoms with E-state index in [2.05, 4.69) is 102 Å². The molecule has 0 radical (unpaired) electrons. The quantitative estimate of drug-likeness (QED) is 0.0563. The third kappa shape index (κ3) is 13.6. The van der Waals surface area contributed by atoms with Gasteiger partial charge in [0.25, 0.3) is 5.91 Å². The number of rotatable bonds is 14. The Morgan fingerprint density at radius 3 is 1.97 bits per heavy atom. The zero-order valence-electron chi connectivity index (χ0n) is 38.7. The number of benzene rings is 3. The van der Waals surface area contributed by atoms with E-state index in [1.807, 2.05) is 19.9 Å². The van der Waals surface area contributed by atoms with Gasteiger partial charge in [-0.3, -0.25) is 14.4 Å². The van der Waals surface area contributed by atoms with Gasteiger partial charge in [0, 0.05) is 50.3 Å². The molecular formula is C53H67N3O8P+. The maximum atomic E-state index is 14.3. The summed E-state index contributed by atoms with van der Waals surface area (Å²) in [5, 5.41) is 21.6. The fourth-order valence-corrected chi connectivity index (χ4v) is 13.2. The number of nitrogens with one attached hydrogen (secondary N) is 2. The normalized spacial score (nSPS) is 25.0. The molecular weight excluding hydrogens is 838 g/mol. The van der Waals surface area contributed by atoms with Crippen molar-refractivity contribution < 1.29 is 38.5 Å². The van der Waals surface area contributed by atoms with Crippen LogP contribution >= 0.6 is 7.26 Å². The summed E-state index contributed by atoms with van der Waals surface area (Å²) in [5.41, 5.74) is 6.81. The maximum absolute atomic E-state index is 14.3. The molecule has 0 saturated heterocycles. The van der Waals surface area contributed by atoms with Crippen LogP contribution in [0.2, 0.25) is 0 Å². The van der Waals surface area contributed by atoms with Crippen LogP contribution in [0.4, 0.5) is 4.79 Å². The Labute approximate surface area is 385 Å². The highest BCUT2D eigenvalue weighted by Gasteiger charge is 2.44. The number of allylic oxidation sites excluding steroid dienone is 4. The van der Waals surface area contributed by atoms with Crippen molar-refractivity contribution in [3.05, 3.63) is 149 Å². The molecule has 0 saturated carbocycles. The van der Waals surface area contributed by atoms with Crippen molar-refractivity contribution in [2.24, 2.45) is 17.6 Å². The molecule has 0 fully saturated rings. The standard InChI is InChI=1S/C53H66N3O8P/c1-36-31-44-49(55-29-18-7-8-19-30-65(41-23-12-9-13-24-41,42-25-14-10-15-26-42)43-27-16-11-17-28-43)46(57)35-45(51(44)59)56-52(60)37(2)21-20-22-40(62-5)34-47(64-53(54)61)38(3)33-39(4)50(58)48(32-36)63-6/h9-17,20-28,33,35-36,39-40,47-48,50,58H,7-8,18-19,29-32,34H2,1-6H3,(H3-,54,55,56,57,59,60,61)/p+1/b22-20-,37-21+,38-33+/t36-,39+,40+,47-,48?,50-/m1/s1.